The lowest BCUT2D eigenvalue weighted by molar-refractivity contribution is -0.333. The van der Waals surface area contributed by atoms with Crippen molar-refractivity contribution in [2.45, 2.75) is 156 Å². The first-order chi connectivity index (χ1) is 55.0. The summed E-state index contributed by atoms with van der Waals surface area (Å²) in [5.74, 6) is -15.3. The Kier molecular flexibility index (Phi) is 27.0. The number of methoxy groups -OCH3 is 1. The number of phenols is 3. The minimum atomic E-state index is -2.37. The van der Waals surface area contributed by atoms with E-state index in [4.69, 9.17) is 67.8 Å². The number of carbonyl (C=O) groups excluding carboxylic acids is 9. The molecule has 0 radical (unpaired) electrons. The van der Waals surface area contributed by atoms with Crippen LogP contribution < -0.4 is 78.3 Å². The van der Waals surface area contributed by atoms with Gasteiger partial charge in [0.1, 0.15) is 101 Å². The number of fused-ring (bicyclic) bond motifs is 15. The second kappa shape index (κ2) is 36.5. The maximum Gasteiger partial charge on any atom is 0.248 e. The summed E-state index contributed by atoms with van der Waals surface area (Å²) in [7, 11) is 2.95. The van der Waals surface area contributed by atoms with Gasteiger partial charge in [-0.15, -0.1) is 0 Å². The maximum atomic E-state index is 16.3. The normalized spacial score (nSPS) is 27.1. The number of halogens is 2. The highest BCUT2D eigenvalue weighted by Gasteiger charge is 2.52. The smallest absolute Gasteiger partial charge is 0.248 e. The first kappa shape index (κ1) is 85.9. The summed E-state index contributed by atoms with van der Waals surface area (Å²) in [5.41, 5.74) is 8.91. The number of aromatic hydroxyl groups is 3. The van der Waals surface area contributed by atoms with E-state index in [1.807, 2.05) is 13.8 Å². The molecule has 620 valence electrons. The zero-order valence-corrected chi connectivity index (χ0v) is 64.6. The van der Waals surface area contributed by atoms with E-state index in [9.17, 15) is 69.9 Å². The molecule has 36 nitrogen and oxygen atoms in total. The van der Waals surface area contributed by atoms with Crippen molar-refractivity contribution >= 4 is 82.4 Å². The number of ether oxygens (including phenoxy) is 7. The van der Waals surface area contributed by atoms with Gasteiger partial charge in [-0.25, -0.2) is 0 Å². The molecule has 18 atom stereocenters. The Balaban J connectivity index is 1.10. The number of nitrogens with two attached hydrogens (primary N) is 2. The van der Waals surface area contributed by atoms with Crippen molar-refractivity contribution in [3.8, 4) is 62.9 Å². The summed E-state index contributed by atoms with van der Waals surface area (Å²) >= 11 is 14.3. The highest BCUT2D eigenvalue weighted by Crippen LogP contribution is 2.50. The molecule has 0 aliphatic carbocycles. The Hall–Kier alpha value is -11.0. The van der Waals surface area contributed by atoms with Gasteiger partial charge in [-0.05, 0) is 139 Å². The number of nitrogens with one attached hydrogen (secondary N) is 9. The number of hydrogen-bond acceptors (Lipinski definition) is 27. The first-order valence-electron chi connectivity index (χ1n) is 36.7. The first-order valence-corrected chi connectivity index (χ1v) is 37.4. The fourth-order valence-corrected chi connectivity index (χ4v) is 14.4. The van der Waals surface area contributed by atoms with E-state index in [1.54, 1.807) is 24.3 Å². The van der Waals surface area contributed by atoms with E-state index in [-0.39, 0.29) is 59.3 Å². The van der Waals surface area contributed by atoms with Crippen LogP contribution in [-0.4, -0.2) is 212 Å². The molecule has 7 heterocycles. The van der Waals surface area contributed by atoms with Crippen LogP contribution in [0.1, 0.15) is 111 Å². The van der Waals surface area contributed by atoms with Gasteiger partial charge in [0.25, 0.3) is 0 Å². The van der Waals surface area contributed by atoms with Crippen molar-refractivity contribution < 1.29 is 122 Å². The van der Waals surface area contributed by atoms with Crippen LogP contribution in [-0.2, 0) is 57.4 Å². The van der Waals surface area contributed by atoms with Crippen molar-refractivity contribution in [2.24, 2.45) is 17.4 Å². The lowest BCUT2D eigenvalue weighted by Crippen LogP contribution is -2.64. The van der Waals surface area contributed by atoms with E-state index in [0.717, 1.165) is 66.7 Å². The molecule has 0 saturated carbocycles. The van der Waals surface area contributed by atoms with Gasteiger partial charge in [0.05, 0.1) is 48.4 Å². The van der Waals surface area contributed by atoms with Crippen LogP contribution in [0.25, 0.3) is 17.2 Å². The zero-order valence-electron chi connectivity index (χ0n) is 63.1. The largest absolute Gasteiger partial charge is 0.508 e. The van der Waals surface area contributed by atoms with E-state index < -0.39 is 243 Å². The van der Waals surface area contributed by atoms with Crippen molar-refractivity contribution in [1.82, 2.24) is 47.9 Å². The number of phenolic OH excluding ortho intramolecular Hbond substituents is 3. The zero-order chi connectivity index (χ0) is 84.0. The van der Waals surface area contributed by atoms with Crippen LogP contribution in [0.3, 0.4) is 0 Å². The summed E-state index contributed by atoms with van der Waals surface area (Å²) in [6.07, 6.45) is -16.0. The molecular formula is C78H89Cl2N11O25. The van der Waals surface area contributed by atoms with Crippen LogP contribution in [0.15, 0.2) is 109 Å². The average molecular weight is 1650 g/mol. The van der Waals surface area contributed by atoms with E-state index >= 15 is 19.2 Å². The standard InChI is InChI=1S/C78H89Cl2N11O25/c1-32(2)20-45(83-5)70(103)90-61-63(98)36-12-15-49(43(79)23-36)112-51-25-38-26-52(67(51)116-77-68(66(101)65(100)53(31-92)114-77)115-56-30-78(4,82)69(102)33(3)111-56)113-50-16-13-37(24-44(50)80)64(99)62-76(109)89-60(72(105)85-19-18-84-55(97)17-10-34-8-7-9-40(21-34)110-6)42-27-39(93)28-48(95)57(42)41-22-35(11-14-47(41)94)58(73(106)91-62)88-74(107)59(38)87-71(104)46(29-54(81)96)86-75(61)108/h7-17,21-28,32-33,45-46,53,56,58-66,68-69,77,83,92-95,98-102H,18-20,29-31,82H2,1-6H3,(H2,81,96)(H,84,97)(H,85,105)(H,86,108)(H,87,104)(H,88,107)(H,89,109)(H,90,103)(H,91,106)/b17-10+/t33-,45+,46-,53+,56?,58+,59?,60?,61+,62-,63+,64+,65+,66-,68+,69+,77-,78-/m0/s1. The highest BCUT2D eigenvalue weighted by molar-refractivity contribution is 6.32. The molecule has 0 spiro atoms. The number of hydrogen-bond donors (Lipinski definition) is 20. The van der Waals surface area contributed by atoms with E-state index in [2.05, 4.69) is 47.9 Å². The summed E-state index contributed by atoms with van der Waals surface area (Å²) < 4.78 is 43.9. The second-order valence-corrected chi connectivity index (χ2v) is 29.9. The number of primary amides is 1. The third-order valence-corrected chi connectivity index (χ3v) is 20.6. The van der Waals surface area contributed by atoms with Crippen molar-refractivity contribution in [3.63, 3.8) is 0 Å². The van der Waals surface area contributed by atoms with Gasteiger partial charge in [-0.1, -0.05) is 67.4 Å². The fourth-order valence-electron chi connectivity index (χ4n) is 14.0. The van der Waals surface area contributed by atoms with Crippen LogP contribution in [0, 0.1) is 5.92 Å². The van der Waals surface area contributed by atoms with Crippen LogP contribution in [0.2, 0.25) is 10.0 Å². The Morgan fingerprint density at radius 3 is 1.97 bits per heavy atom. The van der Waals surface area contributed by atoms with Gasteiger partial charge in [-0.2, -0.15) is 0 Å². The molecule has 22 N–H and O–H groups in total. The fraction of sp³-hybridized carbons (Fsp3) is 0.397. The second-order valence-electron chi connectivity index (χ2n) is 29.1. The molecule has 2 fully saturated rings. The number of aliphatic hydroxyl groups excluding tert-OH is 6. The maximum absolute atomic E-state index is 16.3. The van der Waals surface area contributed by atoms with E-state index in [1.165, 1.54) is 52.3 Å². The lowest BCUT2D eigenvalue weighted by atomic mass is 9.86. The molecule has 7 aliphatic heterocycles. The Labute approximate surface area is 672 Å². The van der Waals surface area contributed by atoms with Crippen molar-refractivity contribution in [2.75, 3.05) is 33.9 Å². The average Bonchev–Trinajstić information content (AvgIpc) is 0.765. The molecular weight excluding hydrogens is 1560 g/mol. The SMILES string of the molecule is CN[C@H](CC(C)C)C(=O)N[C@H]1C(=O)N[C@@H](CC(N)=O)C(=O)NC2C(=O)N[C@H]3C(=O)N[C@H](C(=O)NC(C(=O)NCCNC(=O)/C=C/c4cccc(OC)c4)c4cc(O)cc(O)c4-c4cc3ccc4O)[C@H](O)c3ccc(c(Cl)c3)Oc3cc2cc(c3O[C@@H]2O[C@H](CO)[C@@H](O)[C@H](O)[C@H]2OC2C[C@](C)(N)[C@H](O)[C@H](C)O2)Oc2ccc(cc2Cl)[C@H]1O. The quantitative estimate of drug-likeness (QED) is 0.0397. The molecule has 6 aromatic carbocycles. The van der Waals surface area contributed by atoms with Crippen LogP contribution in [0.4, 0.5) is 0 Å². The summed E-state index contributed by atoms with van der Waals surface area (Å²) in [6, 6.07) is 6.56. The van der Waals surface area contributed by atoms with Gasteiger partial charge in [-0.3, -0.25) is 43.2 Å². The number of carbonyl (C=O) groups is 9. The summed E-state index contributed by atoms with van der Waals surface area (Å²) in [5, 5.41) is 128. The van der Waals surface area contributed by atoms with E-state index in [0.29, 0.717) is 11.3 Å². The Morgan fingerprint density at radius 2 is 1.34 bits per heavy atom. The third kappa shape index (κ3) is 19.4. The monoisotopic (exact) mass is 1650 g/mol. The Morgan fingerprint density at radius 1 is 0.707 bits per heavy atom. The molecule has 38 heteroatoms. The summed E-state index contributed by atoms with van der Waals surface area (Å²) in [6.45, 7) is 5.06. The molecule has 2 saturated heterocycles. The molecule has 0 aromatic heterocycles. The predicted octanol–water partition coefficient (Wildman–Crippen LogP) is 0.976. The molecule has 3 unspecified atom stereocenters. The predicted molar refractivity (Wildman–Crippen MR) is 410 cm³/mol. The number of likely N-dealkylation sites (N-methyl/N-ethyl adjacent to an activating group) is 1. The van der Waals surface area contributed by atoms with Gasteiger partial charge in [0, 0.05) is 48.3 Å². The van der Waals surface area contributed by atoms with Crippen LogP contribution >= 0.6 is 23.2 Å². The topological polar surface area (TPSA) is 561 Å². The number of aliphatic hydroxyl groups is 6. The van der Waals surface area contributed by atoms with Crippen LogP contribution in [0.5, 0.6) is 51.7 Å². The Bertz CT molecular complexity index is 4790. The van der Waals surface area contributed by atoms with Gasteiger partial charge >= 0.3 is 0 Å². The highest BCUT2D eigenvalue weighted by atomic mass is 35.5. The number of benzene rings is 6. The molecule has 7 aliphatic rings. The van der Waals surface area contributed by atoms with Crippen molar-refractivity contribution in [3.05, 3.63) is 153 Å². The molecule has 13 rings (SSSR count). The van der Waals surface area contributed by atoms with Crippen molar-refractivity contribution in [1.29, 1.82) is 0 Å². The third-order valence-electron chi connectivity index (χ3n) is 20.0. The van der Waals surface area contributed by atoms with Gasteiger partial charge in [0.15, 0.2) is 23.9 Å². The molecule has 6 aromatic rings. The minimum absolute atomic E-state index is 0.108. The number of amides is 9. The minimum Gasteiger partial charge on any atom is -0.508 e. The molecule has 116 heavy (non-hydrogen) atoms. The van der Waals surface area contributed by atoms with Gasteiger partial charge in [0.2, 0.25) is 65.2 Å². The van der Waals surface area contributed by atoms with Gasteiger partial charge < -0.3 is 138 Å². The lowest BCUT2D eigenvalue weighted by Gasteiger charge is -2.47. The molecule has 11 bridgehead atoms. The number of rotatable bonds is 19. The summed E-state index contributed by atoms with van der Waals surface area (Å²) in [4.78, 5) is 133. The molecule has 9 amide bonds.